The van der Waals surface area contributed by atoms with Crippen LogP contribution in [0, 0.1) is 5.92 Å². The van der Waals surface area contributed by atoms with Gasteiger partial charge < -0.3 is 20.7 Å². The quantitative estimate of drug-likeness (QED) is 0.660. The number of imidazole rings is 1. The Hall–Kier alpha value is -2.93. The second-order valence-corrected chi connectivity index (χ2v) is 6.44. The lowest BCUT2D eigenvalue weighted by Gasteiger charge is -2.32. The molecule has 0 amide bonds. The number of aromatic hydroxyl groups is 1. The number of aromatic nitrogens is 4. The van der Waals surface area contributed by atoms with Gasteiger partial charge in [0, 0.05) is 36.6 Å². The van der Waals surface area contributed by atoms with E-state index in [0.717, 1.165) is 30.9 Å². The number of rotatable bonds is 5. The van der Waals surface area contributed by atoms with Crippen molar-refractivity contribution in [2.45, 2.75) is 18.9 Å². The molecule has 1 saturated carbocycles. The number of hydrogen-bond acceptors (Lipinski definition) is 6. The van der Waals surface area contributed by atoms with Gasteiger partial charge >= 0.3 is 0 Å². The third kappa shape index (κ3) is 3.32. The summed E-state index contributed by atoms with van der Waals surface area (Å²) in [5.41, 5.74) is 7.91. The fraction of sp³-hybridized carbons (Fsp3) is 0.278. The van der Waals surface area contributed by atoms with Crippen LogP contribution in [0.15, 0.2) is 49.3 Å². The molecule has 0 bridgehead atoms. The standard InChI is InChI=1S/C18H20N6O/c19-13-5-12(6-13)8-22-18-10-21-16(9-23-18)15-2-1-14(7-17(15)25)24-4-3-20-11-24/h1-4,7,9-13,25H,5-6,8,19H2,(H,22,23). The molecular formula is C18H20N6O. The molecule has 3 aromatic rings. The first-order chi connectivity index (χ1) is 12.2. The third-order valence-corrected chi connectivity index (χ3v) is 4.56. The van der Waals surface area contributed by atoms with Gasteiger partial charge in [-0.1, -0.05) is 0 Å². The Balaban J connectivity index is 1.46. The van der Waals surface area contributed by atoms with Gasteiger partial charge in [0.2, 0.25) is 0 Å². The molecule has 4 rings (SSSR count). The first-order valence-corrected chi connectivity index (χ1v) is 8.32. The monoisotopic (exact) mass is 336 g/mol. The van der Waals surface area contributed by atoms with Crippen molar-refractivity contribution in [2.75, 3.05) is 11.9 Å². The molecule has 7 nitrogen and oxygen atoms in total. The van der Waals surface area contributed by atoms with Crippen LogP contribution in [0.3, 0.4) is 0 Å². The van der Waals surface area contributed by atoms with Crippen LogP contribution in [0.25, 0.3) is 16.9 Å². The predicted molar refractivity (Wildman–Crippen MR) is 95.4 cm³/mol. The normalized spacial score (nSPS) is 19.4. The van der Waals surface area contributed by atoms with Crippen molar-refractivity contribution >= 4 is 5.82 Å². The van der Waals surface area contributed by atoms with Crippen LogP contribution >= 0.6 is 0 Å². The molecule has 1 aliphatic carbocycles. The summed E-state index contributed by atoms with van der Waals surface area (Å²) in [5.74, 6) is 1.51. The smallest absolute Gasteiger partial charge is 0.144 e. The Morgan fingerprint density at radius 2 is 2.12 bits per heavy atom. The van der Waals surface area contributed by atoms with E-state index in [4.69, 9.17) is 5.73 Å². The highest BCUT2D eigenvalue weighted by Gasteiger charge is 2.25. The van der Waals surface area contributed by atoms with Crippen molar-refractivity contribution in [3.8, 4) is 22.7 Å². The average Bonchev–Trinajstić information content (AvgIpc) is 3.13. The topological polar surface area (TPSA) is 102 Å². The SMILES string of the molecule is NC1CC(CNc2cnc(-c3ccc(-n4ccnc4)cc3O)cn2)C1. The van der Waals surface area contributed by atoms with E-state index < -0.39 is 0 Å². The van der Waals surface area contributed by atoms with Crippen LogP contribution in [-0.4, -0.2) is 37.2 Å². The molecule has 4 N–H and O–H groups in total. The van der Waals surface area contributed by atoms with E-state index >= 15 is 0 Å². The summed E-state index contributed by atoms with van der Waals surface area (Å²) >= 11 is 0. The lowest BCUT2D eigenvalue weighted by atomic mass is 9.81. The minimum atomic E-state index is 0.157. The number of benzene rings is 1. The van der Waals surface area contributed by atoms with Gasteiger partial charge in [0.05, 0.1) is 30.1 Å². The Morgan fingerprint density at radius 3 is 2.76 bits per heavy atom. The zero-order valence-electron chi connectivity index (χ0n) is 13.7. The maximum atomic E-state index is 10.3. The molecule has 2 aromatic heterocycles. The first kappa shape index (κ1) is 15.6. The van der Waals surface area contributed by atoms with Gasteiger partial charge in [-0.25, -0.2) is 9.97 Å². The first-order valence-electron chi connectivity index (χ1n) is 8.32. The van der Waals surface area contributed by atoms with Crippen LogP contribution < -0.4 is 11.1 Å². The fourth-order valence-corrected chi connectivity index (χ4v) is 3.07. The molecule has 1 aliphatic rings. The van der Waals surface area contributed by atoms with Crippen molar-refractivity contribution in [3.63, 3.8) is 0 Å². The van der Waals surface area contributed by atoms with Gasteiger partial charge in [0.1, 0.15) is 11.6 Å². The van der Waals surface area contributed by atoms with Gasteiger partial charge in [0.25, 0.3) is 0 Å². The Kier molecular flexibility index (Phi) is 4.07. The number of hydrogen-bond donors (Lipinski definition) is 3. The van der Waals surface area contributed by atoms with Crippen LogP contribution in [-0.2, 0) is 0 Å². The number of nitrogens with one attached hydrogen (secondary N) is 1. The number of phenols is 1. The fourth-order valence-electron chi connectivity index (χ4n) is 3.07. The molecule has 0 spiro atoms. The minimum absolute atomic E-state index is 0.157. The lowest BCUT2D eigenvalue weighted by Crippen LogP contribution is -2.39. The zero-order chi connectivity index (χ0) is 17.2. The van der Waals surface area contributed by atoms with Crippen molar-refractivity contribution < 1.29 is 5.11 Å². The van der Waals surface area contributed by atoms with Crippen LogP contribution in [0.5, 0.6) is 5.75 Å². The molecule has 1 aromatic carbocycles. The summed E-state index contributed by atoms with van der Waals surface area (Å²) in [5, 5.41) is 13.6. The molecule has 0 saturated heterocycles. The van der Waals surface area contributed by atoms with Crippen molar-refractivity contribution in [1.29, 1.82) is 0 Å². The van der Waals surface area contributed by atoms with Crippen LogP contribution in [0.1, 0.15) is 12.8 Å². The number of phenolic OH excluding ortho intramolecular Hbond substituents is 1. The second kappa shape index (κ2) is 6.52. The van der Waals surface area contributed by atoms with Crippen LogP contribution in [0.2, 0.25) is 0 Å². The highest BCUT2D eigenvalue weighted by atomic mass is 16.3. The van der Waals surface area contributed by atoms with Gasteiger partial charge in [-0.15, -0.1) is 0 Å². The number of nitrogens with zero attached hydrogens (tertiary/aromatic N) is 4. The van der Waals surface area contributed by atoms with Gasteiger partial charge in [-0.2, -0.15) is 0 Å². The van der Waals surface area contributed by atoms with E-state index in [9.17, 15) is 5.11 Å². The Bertz CT molecular complexity index is 841. The molecule has 0 atom stereocenters. The summed E-state index contributed by atoms with van der Waals surface area (Å²) in [6.45, 7) is 0.868. The van der Waals surface area contributed by atoms with Gasteiger partial charge in [-0.05, 0) is 30.9 Å². The van der Waals surface area contributed by atoms with Crippen LogP contribution in [0.4, 0.5) is 5.82 Å². The summed E-state index contributed by atoms with van der Waals surface area (Å²) in [6, 6.07) is 5.78. The van der Waals surface area contributed by atoms with E-state index in [2.05, 4.69) is 20.3 Å². The highest BCUT2D eigenvalue weighted by molar-refractivity contribution is 5.68. The molecule has 0 aliphatic heterocycles. The molecule has 128 valence electrons. The summed E-state index contributed by atoms with van der Waals surface area (Å²) in [4.78, 5) is 12.8. The lowest BCUT2D eigenvalue weighted by molar-refractivity contribution is 0.280. The average molecular weight is 336 g/mol. The number of nitrogens with two attached hydrogens (primary N) is 1. The Labute approximate surface area is 145 Å². The molecule has 2 heterocycles. The van der Waals surface area contributed by atoms with Crippen molar-refractivity contribution in [2.24, 2.45) is 11.7 Å². The molecule has 25 heavy (non-hydrogen) atoms. The molecule has 1 fully saturated rings. The van der Waals surface area contributed by atoms with Crippen molar-refractivity contribution in [3.05, 3.63) is 49.3 Å². The van der Waals surface area contributed by atoms with E-state index in [-0.39, 0.29) is 5.75 Å². The van der Waals surface area contributed by atoms with Crippen molar-refractivity contribution in [1.82, 2.24) is 19.5 Å². The third-order valence-electron chi connectivity index (χ3n) is 4.56. The van der Waals surface area contributed by atoms with Gasteiger partial charge in [-0.3, -0.25) is 4.98 Å². The number of anilines is 1. The van der Waals surface area contributed by atoms with E-state index in [1.165, 1.54) is 0 Å². The summed E-state index contributed by atoms with van der Waals surface area (Å²) in [6.07, 6.45) is 10.7. The minimum Gasteiger partial charge on any atom is -0.507 e. The molecular weight excluding hydrogens is 316 g/mol. The second-order valence-electron chi connectivity index (χ2n) is 6.44. The van der Waals surface area contributed by atoms with Gasteiger partial charge in [0.15, 0.2) is 0 Å². The zero-order valence-corrected chi connectivity index (χ0v) is 13.7. The highest BCUT2D eigenvalue weighted by Crippen LogP contribution is 2.30. The molecule has 0 unspecified atom stereocenters. The van der Waals surface area contributed by atoms with E-state index in [0.29, 0.717) is 23.2 Å². The summed E-state index contributed by atoms with van der Waals surface area (Å²) in [7, 11) is 0. The molecule has 0 radical (unpaired) electrons. The summed E-state index contributed by atoms with van der Waals surface area (Å²) < 4.78 is 1.83. The molecule has 7 heteroatoms. The maximum absolute atomic E-state index is 10.3. The van der Waals surface area contributed by atoms with E-state index in [1.807, 2.05) is 22.9 Å². The Morgan fingerprint density at radius 1 is 1.24 bits per heavy atom. The van der Waals surface area contributed by atoms with E-state index in [1.54, 1.807) is 31.0 Å². The predicted octanol–water partition coefficient (Wildman–Crippen LogP) is 2.18. The largest absolute Gasteiger partial charge is 0.507 e. The maximum Gasteiger partial charge on any atom is 0.144 e.